The Balaban J connectivity index is 1.65. The second-order valence-electron chi connectivity index (χ2n) is 7.81. The van der Waals surface area contributed by atoms with E-state index in [0.29, 0.717) is 24.8 Å². The molecule has 31 heavy (non-hydrogen) atoms. The molecule has 162 valence electrons. The highest BCUT2D eigenvalue weighted by atomic mass is 16.5. The van der Waals surface area contributed by atoms with E-state index in [4.69, 9.17) is 11.2 Å². The second-order valence-corrected chi connectivity index (χ2v) is 7.81. The first-order chi connectivity index (χ1) is 15.1. The summed E-state index contributed by atoms with van der Waals surface area (Å²) in [5.41, 5.74) is 2.13. The van der Waals surface area contributed by atoms with E-state index in [1.165, 1.54) is 0 Å². The van der Waals surface area contributed by atoms with E-state index in [0.717, 1.165) is 55.9 Å². The molecule has 0 radical (unpaired) electrons. The molecule has 1 N–H and O–H groups in total. The van der Waals surface area contributed by atoms with Crippen molar-refractivity contribution in [1.29, 1.82) is 0 Å². The van der Waals surface area contributed by atoms with Crippen molar-refractivity contribution in [2.45, 2.75) is 39.3 Å². The Morgan fingerprint density at radius 2 is 1.84 bits per heavy atom. The molecule has 0 bridgehead atoms. The molecule has 1 heterocycles. The number of ether oxygens (including phenoxy) is 1. The molecule has 1 saturated heterocycles. The Bertz CT molecular complexity index is 941. The van der Waals surface area contributed by atoms with Crippen molar-refractivity contribution in [3.8, 4) is 35.7 Å². The van der Waals surface area contributed by atoms with Crippen LogP contribution in [0.3, 0.4) is 0 Å². The number of nitrogens with zero attached hydrogens (tertiary/aromatic N) is 2. The molecule has 3 rings (SSSR count). The summed E-state index contributed by atoms with van der Waals surface area (Å²) in [6, 6.07) is 14.0. The fourth-order valence-corrected chi connectivity index (χ4v) is 4.20. The molecular weight excluding hydrogens is 384 g/mol. The Labute approximate surface area is 186 Å². The van der Waals surface area contributed by atoms with Gasteiger partial charge in [0.2, 0.25) is 0 Å². The van der Waals surface area contributed by atoms with Gasteiger partial charge >= 0.3 is 0 Å². The zero-order valence-electron chi connectivity index (χ0n) is 18.6. The summed E-state index contributed by atoms with van der Waals surface area (Å²) in [5.74, 6) is 9.74. The van der Waals surface area contributed by atoms with Crippen LogP contribution in [0.25, 0.3) is 0 Å². The third-order valence-corrected chi connectivity index (χ3v) is 5.91. The molecule has 4 nitrogen and oxygen atoms in total. The average molecular weight is 417 g/mol. The molecule has 4 heteroatoms. The highest BCUT2D eigenvalue weighted by Gasteiger charge is 2.23. The van der Waals surface area contributed by atoms with Gasteiger partial charge in [0, 0.05) is 23.7 Å². The van der Waals surface area contributed by atoms with E-state index in [9.17, 15) is 5.11 Å². The lowest BCUT2D eigenvalue weighted by atomic mass is 10.0. The van der Waals surface area contributed by atoms with Crippen LogP contribution in [0.2, 0.25) is 0 Å². The molecule has 0 aromatic heterocycles. The monoisotopic (exact) mass is 416 g/mol. The van der Waals surface area contributed by atoms with Gasteiger partial charge in [-0.15, -0.1) is 6.42 Å². The maximum Gasteiger partial charge on any atom is 0.149 e. The number of piperidine rings is 1. The Hall–Kier alpha value is -2.92. The van der Waals surface area contributed by atoms with Crippen LogP contribution < -0.4 is 4.74 Å². The fraction of sp³-hybridized carbons (Fsp3) is 0.407. The number of phenols is 1. The molecule has 0 aliphatic carbocycles. The van der Waals surface area contributed by atoms with Crippen LogP contribution in [0.15, 0.2) is 42.5 Å². The highest BCUT2D eigenvalue weighted by molar-refractivity contribution is 5.55. The van der Waals surface area contributed by atoms with Gasteiger partial charge in [-0.05, 0) is 63.3 Å². The largest absolute Gasteiger partial charge is 0.506 e. The first kappa shape index (κ1) is 22.8. The topological polar surface area (TPSA) is 35.9 Å². The quantitative estimate of drug-likeness (QED) is 0.689. The average Bonchev–Trinajstić information content (AvgIpc) is 2.81. The zero-order valence-corrected chi connectivity index (χ0v) is 18.6. The summed E-state index contributed by atoms with van der Waals surface area (Å²) in [7, 11) is 0. The molecular formula is C27H32N2O2. The van der Waals surface area contributed by atoms with Crippen molar-refractivity contribution in [2.75, 3.05) is 32.8 Å². The van der Waals surface area contributed by atoms with Crippen LogP contribution in [-0.4, -0.2) is 53.7 Å². The van der Waals surface area contributed by atoms with Gasteiger partial charge in [-0.3, -0.25) is 4.90 Å². The fourth-order valence-electron chi connectivity index (χ4n) is 4.20. The van der Waals surface area contributed by atoms with Gasteiger partial charge in [0.15, 0.2) is 0 Å². The van der Waals surface area contributed by atoms with Crippen molar-refractivity contribution in [3.05, 3.63) is 59.2 Å². The van der Waals surface area contributed by atoms with Crippen LogP contribution in [-0.2, 0) is 6.54 Å². The summed E-state index contributed by atoms with van der Waals surface area (Å²) >= 11 is 0. The van der Waals surface area contributed by atoms with Gasteiger partial charge in [-0.1, -0.05) is 49.8 Å². The van der Waals surface area contributed by atoms with Crippen molar-refractivity contribution >= 4 is 0 Å². The lowest BCUT2D eigenvalue weighted by molar-refractivity contribution is 0.112. The maximum atomic E-state index is 10.6. The van der Waals surface area contributed by atoms with Crippen molar-refractivity contribution in [2.24, 2.45) is 0 Å². The van der Waals surface area contributed by atoms with Gasteiger partial charge in [-0.25, -0.2) is 0 Å². The van der Waals surface area contributed by atoms with E-state index >= 15 is 0 Å². The summed E-state index contributed by atoms with van der Waals surface area (Å²) in [6.07, 6.45) is 7.94. The number of para-hydroxylation sites is 1. The van der Waals surface area contributed by atoms with Gasteiger partial charge in [0.05, 0.1) is 5.56 Å². The molecule has 0 unspecified atom stereocenters. The molecule has 0 saturated carbocycles. The van der Waals surface area contributed by atoms with E-state index in [1.54, 1.807) is 6.07 Å². The minimum atomic E-state index is 0.194. The molecule has 2 aromatic rings. The summed E-state index contributed by atoms with van der Waals surface area (Å²) in [5, 5.41) is 10.6. The van der Waals surface area contributed by atoms with Gasteiger partial charge in [0.1, 0.15) is 18.1 Å². The van der Waals surface area contributed by atoms with E-state index in [-0.39, 0.29) is 5.75 Å². The van der Waals surface area contributed by atoms with E-state index in [1.807, 2.05) is 36.4 Å². The number of hydrogen-bond acceptors (Lipinski definition) is 4. The Morgan fingerprint density at radius 3 is 2.48 bits per heavy atom. The minimum absolute atomic E-state index is 0.194. The van der Waals surface area contributed by atoms with Crippen molar-refractivity contribution in [3.63, 3.8) is 0 Å². The molecule has 1 fully saturated rings. The minimum Gasteiger partial charge on any atom is -0.506 e. The first-order valence-electron chi connectivity index (χ1n) is 11.1. The number of rotatable bonds is 7. The molecule has 1 aliphatic heterocycles. The molecule has 1 aliphatic rings. The first-order valence-corrected chi connectivity index (χ1v) is 11.1. The smallest absolute Gasteiger partial charge is 0.149 e. The van der Waals surface area contributed by atoms with Gasteiger partial charge in [0.25, 0.3) is 0 Å². The summed E-state index contributed by atoms with van der Waals surface area (Å²) < 4.78 is 5.63. The Kier molecular flexibility index (Phi) is 8.42. The lowest BCUT2D eigenvalue weighted by Crippen LogP contribution is -2.44. The Morgan fingerprint density at radius 1 is 1.13 bits per heavy atom. The van der Waals surface area contributed by atoms with Gasteiger partial charge in [-0.2, -0.15) is 0 Å². The SMILES string of the molecule is C#Cc1cc(C#CCOc2ccccc2)cc(CN2CCC(N(CC)CC)CC2)c1O. The van der Waals surface area contributed by atoms with Crippen molar-refractivity contribution in [1.82, 2.24) is 9.80 Å². The van der Waals surface area contributed by atoms with Crippen LogP contribution in [0.5, 0.6) is 11.5 Å². The second kappa shape index (κ2) is 11.5. The van der Waals surface area contributed by atoms with Crippen LogP contribution >= 0.6 is 0 Å². The zero-order chi connectivity index (χ0) is 22.1. The van der Waals surface area contributed by atoms with Crippen LogP contribution in [0.1, 0.15) is 43.4 Å². The lowest BCUT2D eigenvalue weighted by Gasteiger charge is -2.37. The predicted octanol–water partition coefficient (Wildman–Crippen LogP) is 4.11. The summed E-state index contributed by atoms with van der Waals surface area (Å²) in [4.78, 5) is 4.93. The van der Waals surface area contributed by atoms with Crippen LogP contribution in [0, 0.1) is 24.2 Å². The third-order valence-electron chi connectivity index (χ3n) is 5.91. The molecule has 0 spiro atoms. The normalized spacial score (nSPS) is 14.6. The van der Waals surface area contributed by atoms with E-state index < -0.39 is 0 Å². The highest BCUT2D eigenvalue weighted by Crippen LogP contribution is 2.27. The summed E-state index contributed by atoms with van der Waals surface area (Å²) in [6.45, 7) is 9.68. The number of phenolic OH excluding ortho intramolecular Hbond substituents is 1. The van der Waals surface area contributed by atoms with E-state index in [2.05, 4.69) is 41.4 Å². The number of likely N-dealkylation sites (tertiary alicyclic amines) is 1. The number of aromatic hydroxyl groups is 1. The number of terminal acetylenes is 1. The molecule has 0 amide bonds. The van der Waals surface area contributed by atoms with Crippen molar-refractivity contribution < 1.29 is 9.84 Å². The maximum absolute atomic E-state index is 10.6. The molecule has 0 atom stereocenters. The standard InChI is InChI=1S/C27H32N2O2/c1-4-23-19-22(11-10-18-31-26-12-8-7-9-13-26)20-24(27(23)30)21-28-16-14-25(15-17-28)29(5-2)6-3/h1,7-9,12-13,19-20,25,30H,5-6,14-18,21H2,2-3H3. The third kappa shape index (κ3) is 6.28. The number of benzene rings is 2. The molecule has 2 aromatic carbocycles. The van der Waals surface area contributed by atoms with Gasteiger partial charge < -0.3 is 14.7 Å². The van der Waals surface area contributed by atoms with Crippen LogP contribution in [0.4, 0.5) is 0 Å². The number of hydrogen-bond donors (Lipinski definition) is 1. The predicted molar refractivity (Wildman–Crippen MR) is 126 cm³/mol.